The molecule has 2 saturated carbocycles. The third-order valence-corrected chi connectivity index (χ3v) is 7.26. The Bertz CT molecular complexity index is 703. The molecule has 3 rings (SSSR count). The maximum Gasteiger partial charge on any atom is 0.311 e. The Morgan fingerprint density at radius 2 is 2.19 bits per heavy atom. The number of carbonyl (C=O) groups is 2. The second-order valence-corrected chi connectivity index (χ2v) is 8.54. The zero-order valence-corrected chi connectivity index (χ0v) is 16.2. The lowest BCUT2D eigenvalue weighted by molar-refractivity contribution is -0.168. The van der Waals surface area contributed by atoms with Gasteiger partial charge in [-0.25, -0.2) is 0 Å². The van der Waals surface area contributed by atoms with Crippen LogP contribution in [0.1, 0.15) is 68.5 Å². The second kappa shape index (κ2) is 7.05. The topological polar surface area (TPSA) is 56.5 Å². The number of aryl methyl sites for hydroxylation is 1. The fourth-order valence-electron chi connectivity index (χ4n) is 5.92. The summed E-state index contributed by atoms with van der Waals surface area (Å²) in [6.45, 7) is 8.80. The van der Waals surface area contributed by atoms with Gasteiger partial charge in [0, 0.05) is 5.56 Å². The van der Waals surface area contributed by atoms with E-state index in [4.69, 9.17) is 9.15 Å². The molecule has 0 saturated heterocycles. The first kappa shape index (κ1) is 18.9. The zero-order valence-electron chi connectivity index (χ0n) is 16.2. The predicted molar refractivity (Wildman–Crippen MR) is 99.9 cm³/mol. The van der Waals surface area contributed by atoms with E-state index in [1.165, 1.54) is 12.7 Å². The summed E-state index contributed by atoms with van der Waals surface area (Å²) in [5, 5.41) is 0. The number of hydrogen-bond acceptors (Lipinski definition) is 4. The first-order valence-corrected chi connectivity index (χ1v) is 9.64. The first-order chi connectivity index (χ1) is 12.4. The molecule has 4 nitrogen and oxygen atoms in total. The van der Waals surface area contributed by atoms with Crippen LogP contribution in [0.4, 0.5) is 0 Å². The summed E-state index contributed by atoms with van der Waals surface area (Å²) in [6.07, 6.45) is 9.10. The maximum absolute atomic E-state index is 12.6. The summed E-state index contributed by atoms with van der Waals surface area (Å²) >= 11 is 0. The molecule has 2 aliphatic carbocycles. The van der Waals surface area contributed by atoms with E-state index in [1.807, 2.05) is 6.07 Å². The van der Waals surface area contributed by atoms with E-state index in [9.17, 15) is 9.59 Å². The Hall–Kier alpha value is -1.84. The van der Waals surface area contributed by atoms with Gasteiger partial charge in [0.05, 0.1) is 18.8 Å². The summed E-state index contributed by atoms with van der Waals surface area (Å²) in [6, 6.07) is 1.88. The van der Waals surface area contributed by atoms with E-state index in [1.54, 1.807) is 6.26 Å². The van der Waals surface area contributed by atoms with Crippen LogP contribution in [-0.4, -0.2) is 19.4 Å². The first-order valence-electron chi connectivity index (χ1n) is 9.64. The number of aldehydes is 1. The van der Waals surface area contributed by atoms with E-state index in [2.05, 4.69) is 20.4 Å². The molecule has 0 bridgehead atoms. The van der Waals surface area contributed by atoms with Gasteiger partial charge in [0.15, 0.2) is 12.0 Å². The molecule has 2 aliphatic rings. The SMILES string of the molecule is C=C1CC[C@H]2[C@@](C)(CCC[C@@]2(C)C(=O)OC)[C@H]1CCc1ccoc1C=O. The number of ether oxygens (including phenoxy) is 1. The molecule has 2 fully saturated rings. The van der Waals surface area contributed by atoms with Gasteiger partial charge >= 0.3 is 5.97 Å². The van der Waals surface area contributed by atoms with Crippen molar-refractivity contribution in [1.82, 2.24) is 0 Å². The van der Waals surface area contributed by atoms with Crippen molar-refractivity contribution in [3.8, 4) is 0 Å². The number of esters is 1. The van der Waals surface area contributed by atoms with Crippen molar-refractivity contribution >= 4 is 12.3 Å². The van der Waals surface area contributed by atoms with Crippen LogP contribution in [0.5, 0.6) is 0 Å². The lowest BCUT2D eigenvalue weighted by Gasteiger charge is -2.57. The Morgan fingerprint density at radius 1 is 1.42 bits per heavy atom. The molecule has 26 heavy (non-hydrogen) atoms. The van der Waals surface area contributed by atoms with Crippen LogP contribution in [0, 0.1) is 22.7 Å². The van der Waals surface area contributed by atoms with Gasteiger partial charge in [-0.15, -0.1) is 0 Å². The van der Waals surface area contributed by atoms with Crippen molar-refractivity contribution in [3.05, 3.63) is 35.8 Å². The molecule has 4 atom stereocenters. The molecule has 0 amide bonds. The van der Waals surface area contributed by atoms with Gasteiger partial charge in [-0.1, -0.05) is 25.5 Å². The third kappa shape index (κ3) is 2.93. The maximum atomic E-state index is 12.6. The van der Waals surface area contributed by atoms with E-state index in [-0.39, 0.29) is 11.4 Å². The van der Waals surface area contributed by atoms with Gasteiger partial charge in [0.2, 0.25) is 0 Å². The van der Waals surface area contributed by atoms with Gasteiger partial charge in [0.25, 0.3) is 0 Å². The van der Waals surface area contributed by atoms with E-state index < -0.39 is 5.41 Å². The molecular formula is C22H30O4. The quantitative estimate of drug-likeness (QED) is 0.423. The molecule has 0 spiro atoms. The van der Waals surface area contributed by atoms with Crippen LogP contribution in [0.15, 0.2) is 28.9 Å². The Labute approximate surface area is 156 Å². The molecule has 0 radical (unpaired) electrons. The summed E-state index contributed by atoms with van der Waals surface area (Å²) in [5.74, 6) is 1.01. The van der Waals surface area contributed by atoms with Crippen LogP contribution in [0.25, 0.3) is 0 Å². The highest BCUT2D eigenvalue weighted by Crippen LogP contribution is 2.62. The third-order valence-electron chi connectivity index (χ3n) is 7.26. The molecule has 0 aromatic carbocycles. The van der Waals surface area contributed by atoms with E-state index in [0.29, 0.717) is 17.6 Å². The summed E-state index contributed by atoms with van der Waals surface area (Å²) in [4.78, 5) is 23.7. The predicted octanol–water partition coefficient (Wildman–Crippen LogP) is 4.98. The fraction of sp³-hybridized carbons (Fsp3) is 0.636. The van der Waals surface area contributed by atoms with Gasteiger partial charge in [-0.2, -0.15) is 0 Å². The van der Waals surface area contributed by atoms with Crippen LogP contribution < -0.4 is 0 Å². The van der Waals surface area contributed by atoms with Gasteiger partial charge in [-0.05, 0) is 68.8 Å². The zero-order chi connectivity index (χ0) is 18.9. The van der Waals surface area contributed by atoms with Gasteiger partial charge < -0.3 is 9.15 Å². The van der Waals surface area contributed by atoms with Crippen molar-refractivity contribution in [1.29, 1.82) is 0 Å². The Kier molecular flexibility index (Phi) is 5.14. The number of furan rings is 1. The lowest BCUT2D eigenvalue weighted by atomic mass is 9.46. The van der Waals surface area contributed by atoms with Crippen molar-refractivity contribution in [2.75, 3.05) is 7.11 Å². The standard InChI is InChI=1S/C22H30O4/c1-15-6-9-19-21(2,11-5-12-22(19,3)20(24)25-4)17(15)8-7-16-10-13-26-18(16)14-23/h10,13-14,17,19H,1,5-9,11-12H2,2-4H3/t17-,19-,21-,22+/m0/s1. The largest absolute Gasteiger partial charge is 0.469 e. The highest BCUT2D eigenvalue weighted by Gasteiger charge is 2.57. The van der Waals surface area contributed by atoms with Crippen LogP contribution in [0.2, 0.25) is 0 Å². The number of fused-ring (bicyclic) bond motifs is 1. The summed E-state index contributed by atoms with van der Waals surface area (Å²) in [7, 11) is 1.50. The number of rotatable bonds is 5. The number of hydrogen-bond donors (Lipinski definition) is 0. The van der Waals surface area contributed by atoms with Crippen molar-refractivity contribution < 1.29 is 18.7 Å². The smallest absolute Gasteiger partial charge is 0.311 e. The molecule has 0 aliphatic heterocycles. The Balaban J connectivity index is 1.86. The molecule has 1 aromatic rings. The molecule has 0 unspecified atom stereocenters. The Morgan fingerprint density at radius 3 is 2.88 bits per heavy atom. The highest BCUT2D eigenvalue weighted by molar-refractivity contribution is 5.77. The molecular weight excluding hydrogens is 328 g/mol. The summed E-state index contributed by atoms with van der Waals surface area (Å²) in [5.41, 5.74) is 1.88. The number of carbonyl (C=O) groups excluding carboxylic acids is 2. The van der Waals surface area contributed by atoms with Crippen molar-refractivity contribution in [2.24, 2.45) is 22.7 Å². The lowest BCUT2D eigenvalue weighted by Crippen LogP contribution is -2.53. The van der Waals surface area contributed by atoms with Crippen molar-refractivity contribution in [2.45, 2.75) is 58.8 Å². The highest BCUT2D eigenvalue weighted by atomic mass is 16.5. The average Bonchev–Trinajstić information content (AvgIpc) is 3.07. The summed E-state index contributed by atoms with van der Waals surface area (Å²) < 4.78 is 10.4. The van der Waals surface area contributed by atoms with E-state index in [0.717, 1.165) is 56.8 Å². The average molecular weight is 358 g/mol. The molecule has 0 N–H and O–H groups in total. The fourth-order valence-corrected chi connectivity index (χ4v) is 5.92. The molecule has 1 heterocycles. The molecule has 4 heteroatoms. The minimum Gasteiger partial charge on any atom is -0.469 e. The molecule has 1 aromatic heterocycles. The van der Waals surface area contributed by atoms with Gasteiger partial charge in [-0.3, -0.25) is 9.59 Å². The van der Waals surface area contributed by atoms with Crippen LogP contribution in [0.3, 0.4) is 0 Å². The second-order valence-electron chi connectivity index (χ2n) is 8.54. The normalized spacial score (nSPS) is 34.2. The van der Waals surface area contributed by atoms with E-state index >= 15 is 0 Å². The van der Waals surface area contributed by atoms with Gasteiger partial charge in [0.1, 0.15) is 0 Å². The number of allylic oxidation sites excluding steroid dienone is 1. The monoisotopic (exact) mass is 358 g/mol. The minimum atomic E-state index is -0.412. The minimum absolute atomic E-state index is 0.0433. The van der Waals surface area contributed by atoms with Crippen LogP contribution in [-0.2, 0) is 16.0 Å². The number of methoxy groups -OCH3 is 1. The molecule has 142 valence electrons. The van der Waals surface area contributed by atoms with Crippen molar-refractivity contribution in [3.63, 3.8) is 0 Å². The van der Waals surface area contributed by atoms with Crippen LogP contribution >= 0.6 is 0 Å².